The topological polar surface area (TPSA) is 12.5 Å². The minimum Gasteiger partial charge on any atom is -0.456 e. The molecule has 0 saturated heterocycles. The molecule has 2 nitrogen and oxygen atoms in total. The van der Waals surface area contributed by atoms with E-state index in [2.05, 4.69) is 212 Å². The molecular weight excluding hydrogens is 705 g/mol. The van der Waals surface area contributed by atoms with Crippen LogP contribution < -0.4 is 46.8 Å². The number of rotatable bonds is 7. The Kier molecular flexibility index (Phi) is 9.37. The van der Waals surface area contributed by atoms with Gasteiger partial charge in [-0.3, -0.25) is 0 Å². The van der Waals surface area contributed by atoms with Crippen LogP contribution >= 0.6 is 0 Å². The van der Waals surface area contributed by atoms with Gasteiger partial charge >= 0.3 is 0 Å². The van der Waals surface area contributed by atoms with Gasteiger partial charge in [0, 0.05) is 11.4 Å². The molecular formula is C53H52BNOSi. The number of aryl methyl sites for hydroxylation is 2. The van der Waals surface area contributed by atoms with Gasteiger partial charge in [-0.15, -0.1) is 0 Å². The lowest BCUT2D eigenvalue weighted by molar-refractivity contribution is 0.488. The molecule has 9 rings (SSSR count). The van der Waals surface area contributed by atoms with Gasteiger partial charge in [0.15, 0.2) is 8.07 Å². The van der Waals surface area contributed by atoms with Gasteiger partial charge < -0.3 is 9.64 Å². The molecule has 282 valence electrons. The summed E-state index contributed by atoms with van der Waals surface area (Å²) in [7, 11) is -2.81. The van der Waals surface area contributed by atoms with Crippen LogP contribution in [0, 0.1) is 13.8 Å². The van der Waals surface area contributed by atoms with E-state index in [0.717, 1.165) is 17.2 Å². The summed E-state index contributed by atoms with van der Waals surface area (Å²) >= 11 is 0. The molecule has 7 aromatic carbocycles. The Hall–Kier alpha value is -5.58. The van der Waals surface area contributed by atoms with Crippen LogP contribution in [0.5, 0.6) is 11.5 Å². The SMILES string of the molecule is Cc1ccc2c(c1)[Si](c1ccccc1)(c1ccccc1)c1cc(C)ccc1N2c1cccc2c1Oc1ccccc1B2c1c(C(C)C)cc(C(C)C)cc1C(C)C. The summed E-state index contributed by atoms with van der Waals surface area (Å²) in [5, 5.41) is 5.58. The molecule has 0 atom stereocenters. The molecule has 0 spiro atoms. The molecule has 0 fully saturated rings. The maximum absolute atomic E-state index is 7.24. The van der Waals surface area contributed by atoms with Gasteiger partial charge in [0.25, 0.3) is 6.71 Å². The van der Waals surface area contributed by atoms with Crippen LogP contribution in [0.15, 0.2) is 152 Å². The number of hydrogen-bond donors (Lipinski definition) is 0. The molecule has 2 aliphatic rings. The highest BCUT2D eigenvalue weighted by Crippen LogP contribution is 2.44. The first-order chi connectivity index (χ1) is 27.6. The summed E-state index contributed by atoms with van der Waals surface area (Å²) in [6.45, 7) is 18.6. The van der Waals surface area contributed by atoms with Crippen LogP contribution in [-0.2, 0) is 0 Å². The number of para-hydroxylation sites is 2. The second-order valence-electron chi connectivity index (χ2n) is 17.2. The third kappa shape index (κ3) is 5.91. The fourth-order valence-electron chi connectivity index (χ4n) is 9.79. The highest BCUT2D eigenvalue weighted by molar-refractivity contribution is 7.21. The van der Waals surface area contributed by atoms with Crippen molar-refractivity contribution in [1.82, 2.24) is 0 Å². The van der Waals surface area contributed by atoms with Gasteiger partial charge in [0.2, 0.25) is 0 Å². The molecule has 0 aliphatic carbocycles. The molecule has 7 aromatic rings. The second kappa shape index (κ2) is 14.4. The van der Waals surface area contributed by atoms with Crippen molar-refractivity contribution in [3.63, 3.8) is 0 Å². The Morgan fingerprint density at radius 3 is 1.53 bits per heavy atom. The van der Waals surface area contributed by atoms with E-state index < -0.39 is 8.07 Å². The number of nitrogens with zero attached hydrogens (tertiary/aromatic N) is 1. The van der Waals surface area contributed by atoms with E-state index in [0.29, 0.717) is 17.8 Å². The van der Waals surface area contributed by atoms with Gasteiger partial charge in [-0.05, 0) is 104 Å². The highest BCUT2D eigenvalue weighted by Gasteiger charge is 2.50. The van der Waals surface area contributed by atoms with Gasteiger partial charge in [-0.25, -0.2) is 0 Å². The lowest BCUT2D eigenvalue weighted by Gasteiger charge is -2.46. The zero-order valence-electron chi connectivity index (χ0n) is 34.6. The average molecular weight is 758 g/mol. The number of fused-ring (bicyclic) bond motifs is 4. The van der Waals surface area contributed by atoms with E-state index in [9.17, 15) is 0 Å². The van der Waals surface area contributed by atoms with Crippen molar-refractivity contribution >= 4 is 69.0 Å². The molecule has 0 amide bonds. The third-order valence-corrected chi connectivity index (χ3v) is 17.3. The first-order valence-electron chi connectivity index (χ1n) is 20.8. The van der Waals surface area contributed by atoms with E-state index >= 15 is 0 Å². The van der Waals surface area contributed by atoms with Crippen molar-refractivity contribution in [1.29, 1.82) is 0 Å². The smallest absolute Gasteiger partial charge is 0.251 e. The van der Waals surface area contributed by atoms with Crippen molar-refractivity contribution in [2.24, 2.45) is 0 Å². The van der Waals surface area contributed by atoms with Crippen LogP contribution in [-0.4, -0.2) is 14.8 Å². The molecule has 2 heterocycles. The summed E-state index contributed by atoms with van der Waals surface area (Å²) in [5.74, 6) is 3.04. The first-order valence-corrected chi connectivity index (χ1v) is 22.8. The highest BCUT2D eigenvalue weighted by atomic mass is 28.3. The maximum Gasteiger partial charge on any atom is 0.251 e. The van der Waals surface area contributed by atoms with Crippen molar-refractivity contribution in [2.75, 3.05) is 4.90 Å². The van der Waals surface area contributed by atoms with Gasteiger partial charge in [0.05, 0.1) is 5.69 Å². The summed E-state index contributed by atoms with van der Waals surface area (Å²) in [6, 6.07) is 57.5. The van der Waals surface area contributed by atoms with Crippen molar-refractivity contribution < 1.29 is 4.74 Å². The Morgan fingerprint density at radius 1 is 0.491 bits per heavy atom. The van der Waals surface area contributed by atoms with E-state index in [1.54, 1.807) is 0 Å². The molecule has 4 heteroatoms. The standard InChI is InChI=1S/C53H52BNOSi/c1-34(2)39-32-42(35(3)4)52(43(33-39)36(5)6)54-44-22-15-16-25-49(44)56-53-45(54)23-17-24-48(53)55-46-28-26-37(7)30-50(46)57(40-18-11-9-12-19-40,41-20-13-10-14-21-41)51-31-38(8)27-29-47(51)55/h9-36H,1-8H3. The number of hydrogen-bond acceptors (Lipinski definition) is 2. The van der Waals surface area contributed by atoms with E-state index in [1.807, 2.05) is 0 Å². The molecule has 0 N–H and O–H groups in total. The van der Waals surface area contributed by atoms with Gasteiger partial charge in [-0.1, -0.05) is 186 Å². The van der Waals surface area contributed by atoms with E-state index in [4.69, 9.17) is 4.74 Å². The quantitative estimate of drug-likeness (QED) is 0.150. The fourth-order valence-corrected chi connectivity index (χ4v) is 15.1. The van der Waals surface area contributed by atoms with Crippen molar-refractivity contribution in [3.8, 4) is 11.5 Å². The minimum absolute atomic E-state index is 0.0165. The van der Waals surface area contributed by atoms with Crippen LogP contribution in [0.2, 0.25) is 0 Å². The zero-order valence-corrected chi connectivity index (χ0v) is 35.6. The van der Waals surface area contributed by atoms with Gasteiger partial charge in [-0.2, -0.15) is 0 Å². The Balaban J connectivity index is 1.36. The summed E-state index contributed by atoms with van der Waals surface area (Å²) in [4.78, 5) is 2.53. The average Bonchev–Trinajstić information content (AvgIpc) is 3.22. The predicted octanol–water partition coefficient (Wildman–Crippen LogP) is 9.46. The van der Waals surface area contributed by atoms with Crippen molar-refractivity contribution in [2.45, 2.75) is 73.1 Å². The van der Waals surface area contributed by atoms with E-state index in [-0.39, 0.29) is 6.71 Å². The predicted molar refractivity (Wildman–Crippen MR) is 248 cm³/mol. The summed E-state index contributed by atoms with van der Waals surface area (Å²) < 4.78 is 7.24. The minimum atomic E-state index is -2.81. The second-order valence-corrected chi connectivity index (χ2v) is 20.9. The van der Waals surface area contributed by atoms with E-state index in [1.165, 1.54) is 76.3 Å². The van der Waals surface area contributed by atoms with Crippen LogP contribution in [0.1, 0.15) is 87.1 Å². The lowest BCUT2D eigenvalue weighted by atomic mass is 9.33. The Bertz CT molecular complexity index is 2510. The van der Waals surface area contributed by atoms with Crippen LogP contribution in [0.4, 0.5) is 17.1 Å². The van der Waals surface area contributed by atoms with Crippen molar-refractivity contribution in [3.05, 3.63) is 179 Å². The fraction of sp³-hybridized carbons (Fsp3) is 0.208. The molecule has 0 unspecified atom stereocenters. The largest absolute Gasteiger partial charge is 0.456 e. The monoisotopic (exact) mass is 757 g/mol. The number of ether oxygens (including phenoxy) is 1. The molecule has 57 heavy (non-hydrogen) atoms. The Labute approximate surface area is 341 Å². The Morgan fingerprint density at radius 2 is 1.00 bits per heavy atom. The number of anilines is 3. The molecule has 0 bridgehead atoms. The van der Waals surface area contributed by atoms with Crippen LogP contribution in [0.3, 0.4) is 0 Å². The number of benzene rings is 7. The first kappa shape index (κ1) is 37.0. The lowest BCUT2D eigenvalue weighted by Crippen LogP contribution is -2.77. The molecule has 0 aromatic heterocycles. The third-order valence-electron chi connectivity index (χ3n) is 12.5. The van der Waals surface area contributed by atoms with Crippen LogP contribution in [0.25, 0.3) is 0 Å². The molecule has 2 aliphatic heterocycles. The zero-order chi connectivity index (χ0) is 39.6. The maximum atomic E-state index is 7.24. The summed E-state index contributed by atoms with van der Waals surface area (Å²) in [6.07, 6.45) is 0. The summed E-state index contributed by atoms with van der Waals surface area (Å²) in [5.41, 5.74) is 14.2. The molecule has 0 saturated carbocycles. The van der Waals surface area contributed by atoms with Gasteiger partial charge in [0.1, 0.15) is 11.5 Å². The molecule has 0 radical (unpaired) electrons. The normalized spacial score (nSPS) is 13.9.